The first-order valence-corrected chi connectivity index (χ1v) is 5.92. The fraction of sp³-hybridized carbons (Fsp3) is 0.875. The van der Waals surface area contributed by atoms with Gasteiger partial charge in [0.1, 0.15) is 0 Å². The summed E-state index contributed by atoms with van der Waals surface area (Å²) in [6.45, 7) is 5.09. The monoisotopic (exact) mass is 224 g/mol. The molecule has 0 aliphatic heterocycles. The highest BCUT2D eigenvalue weighted by Crippen LogP contribution is 2.22. The zero-order valence-electron chi connectivity index (χ0n) is 8.61. The van der Waals surface area contributed by atoms with E-state index in [9.17, 15) is 13.2 Å². The summed E-state index contributed by atoms with van der Waals surface area (Å²) in [5.74, 6) is -0.887. The summed E-state index contributed by atoms with van der Waals surface area (Å²) in [6.07, 6.45) is 0.0463. The molecule has 0 aromatic rings. The Morgan fingerprint density at radius 1 is 1.43 bits per heavy atom. The van der Waals surface area contributed by atoms with Gasteiger partial charge in [-0.3, -0.25) is 9.35 Å². The molecule has 0 bridgehead atoms. The predicted molar refractivity (Wildman–Crippen MR) is 51.4 cm³/mol. The highest BCUT2D eigenvalue weighted by atomic mass is 32.2. The highest BCUT2D eigenvalue weighted by Gasteiger charge is 2.30. The van der Waals surface area contributed by atoms with E-state index in [4.69, 9.17) is 9.29 Å². The van der Waals surface area contributed by atoms with E-state index >= 15 is 0 Å². The van der Waals surface area contributed by atoms with E-state index in [1.807, 2.05) is 0 Å². The molecule has 0 saturated heterocycles. The van der Waals surface area contributed by atoms with Crippen molar-refractivity contribution in [3.63, 3.8) is 0 Å². The van der Waals surface area contributed by atoms with E-state index in [1.54, 1.807) is 20.8 Å². The van der Waals surface area contributed by atoms with Gasteiger partial charge in [0.15, 0.2) is 0 Å². The van der Waals surface area contributed by atoms with Crippen LogP contribution in [0, 0.1) is 5.41 Å². The molecule has 0 aromatic carbocycles. The van der Waals surface area contributed by atoms with Gasteiger partial charge in [0.25, 0.3) is 10.1 Å². The maximum absolute atomic E-state index is 11.3. The Morgan fingerprint density at radius 3 is 2.29 bits per heavy atom. The van der Waals surface area contributed by atoms with E-state index in [1.165, 1.54) is 0 Å². The van der Waals surface area contributed by atoms with Gasteiger partial charge in [-0.15, -0.1) is 0 Å². The molecule has 0 atom stereocenters. The molecule has 0 aromatic heterocycles. The molecule has 0 heterocycles. The van der Waals surface area contributed by atoms with Gasteiger partial charge in [0.05, 0.1) is 17.8 Å². The summed E-state index contributed by atoms with van der Waals surface area (Å²) >= 11 is 0. The minimum Gasteiger partial charge on any atom is -0.466 e. The van der Waals surface area contributed by atoms with Crippen molar-refractivity contribution >= 4 is 16.1 Å². The zero-order chi connectivity index (χ0) is 11.4. The molecule has 0 aliphatic carbocycles. The lowest BCUT2D eigenvalue weighted by molar-refractivity contribution is -0.153. The Bertz CT molecular complexity index is 291. The molecule has 0 saturated carbocycles. The number of hydrogen-bond acceptors (Lipinski definition) is 4. The van der Waals surface area contributed by atoms with E-state index in [2.05, 4.69) is 0 Å². The normalized spacial score (nSPS) is 12.6. The topological polar surface area (TPSA) is 80.7 Å². The first kappa shape index (κ1) is 13.4. The Morgan fingerprint density at radius 2 is 1.93 bits per heavy atom. The van der Waals surface area contributed by atoms with E-state index in [0.717, 1.165) is 0 Å². The fourth-order valence-corrected chi connectivity index (χ4v) is 1.58. The molecule has 1 N–H and O–H groups in total. The van der Waals surface area contributed by atoms with Gasteiger partial charge in [-0.25, -0.2) is 0 Å². The lowest BCUT2D eigenvalue weighted by atomic mass is 9.90. The van der Waals surface area contributed by atoms with Gasteiger partial charge < -0.3 is 4.74 Å². The molecule has 0 rings (SSSR count). The summed E-state index contributed by atoms with van der Waals surface area (Å²) in [7, 11) is -4.01. The smallest absolute Gasteiger partial charge is 0.311 e. The lowest BCUT2D eigenvalue weighted by Gasteiger charge is -2.21. The second-order valence-electron chi connectivity index (χ2n) is 3.64. The van der Waals surface area contributed by atoms with Crippen molar-refractivity contribution in [1.82, 2.24) is 0 Å². The molecule has 0 amide bonds. The summed E-state index contributed by atoms with van der Waals surface area (Å²) < 4.78 is 34.2. The fourth-order valence-electron chi connectivity index (χ4n) is 0.813. The lowest BCUT2D eigenvalue weighted by Crippen LogP contribution is -2.29. The molecule has 0 fully saturated rings. The van der Waals surface area contributed by atoms with Gasteiger partial charge in [-0.2, -0.15) is 8.42 Å². The van der Waals surface area contributed by atoms with Gasteiger partial charge in [0.2, 0.25) is 0 Å². The van der Waals surface area contributed by atoms with Crippen molar-refractivity contribution in [2.45, 2.75) is 27.2 Å². The first-order valence-electron chi connectivity index (χ1n) is 4.31. The molecule has 84 valence electrons. The van der Waals surface area contributed by atoms with Crippen LogP contribution in [0.1, 0.15) is 27.2 Å². The molecular weight excluding hydrogens is 208 g/mol. The number of carbonyl (C=O) groups excluding carboxylic acids is 1. The molecule has 6 heteroatoms. The van der Waals surface area contributed by atoms with Crippen molar-refractivity contribution < 1.29 is 22.5 Å². The van der Waals surface area contributed by atoms with Crippen LogP contribution in [0.3, 0.4) is 0 Å². The standard InChI is InChI=1S/C8H16O5S/c1-4-13-7(9)8(2,3)5-6-14(10,11)12/h4-6H2,1-3H3,(H,10,11,12). The van der Waals surface area contributed by atoms with Crippen LogP contribution in [-0.4, -0.2) is 31.3 Å². The second kappa shape index (κ2) is 4.75. The van der Waals surface area contributed by atoms with E-state index < -0.39 is 27.3 Å². The van der Waals surface area contributed by atoms with Crippen molar-refractivity contribution in [2.24, 2.45) is 5.41 Å². The largest absolute Gasteiger partial charge is 0.466 e. The molecule has 14 heavy (non-hydrogen) atoms. The Labute approximate surface area is 84.2 Å². The third-order valence-corrected chi connectivity index (χ3v) is 2.53. The molecule has 0 spiro atoms. The number of ether oxygens (including phenoxy) is 1. The van der Waals surface area contributed by atoms with Crippen LogP contribution in [0.5, 0.6) is 0 Å². The number of rotatable bonds is 5. The SMILES string of the molecule is CCOC(=O)C(C)(C)CCS(=O)(=O)O. The Balaban J connectivity index is 4.27. The van der Waals surface area contributed by atoms with Crippen molar-refractivity contribution in [2.75, 3.05) is 12.4 Å². The predicted octanol–water partition coefficient (Wildman–Crippen LogP) is 0.854. The number of hydrogen-bond donors (Lipinski definition) is 1. The van der Waals surface area contributed by atoms with Crippen LogP contribution in [0.15, 0.2) is 0 Å². The minimum absolute atomic E-state index is 0.0463. The van der Waals surface area contributed by atoms with E-state index in [0.29, 0.717) is 0 Å². The Hall–Kier alpha value is -0.620. The summed E-state index contributed by atoms with van der Waals surface area (Å²) in [5, 5.41) is 0. The quantitative estimate of drug-likeness (QED) is 0.553. The maximum atomic E-state index is 11.3. The van der Waals surface area contributed by atoms with Crippen LogP contribution in [0.25, 0.3) is 0 Å². The second-order valence-corrected chi connectivity index (χ2v) is 5.21. The third-order valence-electron chi connectivity index (χ3n) is 1.81. The van der Waals surface area contributed by atoms with Gasteiger partial charge in [-0.1, -0.05) is 0 Å². The summed E-state index contributed by atoms with van der Waals surface area (Å²) in [5.41, 5.74) is -0.883. The van der Waals surface area contributed by atoms with Crippen molar-refractivity contribution in [3.05, 3.63) is 0 Å². The van der Waals surface area contributed by atoms with Gasteiger partial charge >= 0.3 is 5.97 Å². The average Bonchev–Trinajstić information content (AvgIpc) is 2.00. The molecule has 0 radical (unpaired) electrons. The summed E-state index contributed by atoms with van der Waals surface area (Å²) in [6, 6.07) is 0. The number of esters is 1. The van der Waals surface area contributed by atoms with Crippen LogP contribution in [0.2, 0.25) is 0 Å². The van der Waals surface area contributed by atoms with Crippen molar-refractivity contribution in [1.29, 1.82) is 0 Å². The zero-order valence-corrected chi connectivity index (χ0v) is 9.43. The first-order chi connectivity index (χ1) is 6.19. The number of carbonyl (C=O) groups is 1. The molecule has 0 aliphatic rings. The van der Waals surface area contributed by atoms with Crippen LogP contribution < -0.4 is 0 Å². The van der Waals surface area contributed by atoms with Gasteiger partial charge in [0, 0.05) is 0 Å². The highest BCUT2D eigenvalue weighted by molar-refractivity contribution is 7.85. The maximum Gasteiger partial charge on any atom is 0.311 e. The third kappa shape index (κ3) is 5.18. The van der Waals surface area contributed by atoms with Crippen LogP contribution in [0.4, 0.5) is 0 Å². The van der Waals surface area contributed by atoms with Crippen LogP contribution in [-0.2, 0) is 19.6 Å². The molecule has 5 nitrogen and oxygen atoms in total. The molecular formula is C8H16O5S. The van der Waals surface area contributed by atoms with E-state index in [-0.39, 0.29) is 13.0 Å². The average molecular weight is 224 g/mol. The van der Waals surface area contributed by atoms with Gasteiger partial charge in [-0.05, 0) is 27.2 Å². The summed E-state index contributed by atoms with van der Waals surface area (Å²) in [4.78, 5) is 11.3. The Kier molecular flexibility index (Phi) is 4.54. The van der Waals surface area contributed by atoms with Crippen molar-refractivity contribution in [3.8, 4) is 0 Å². The molecule has 0 unspecified atom stereocenters. The minimum atomic E-state index is -4.01. The van der Waals surface area contributed by atoms with Crippen LogP contribution >= 0.6 is 0 Å².